The summed E-state index contributed by atoms with van der Waals surface area (Å²) in [7, 11) is -4.16. The second-order valence-corrected chi connectivity index (χ2v) is 12.6. The summed E-state index contributed by atoms with van der Waals surface area (Å²) in [4.78, 5) is 29.0. The van der Waals surface area contributed by atoms with Crippen molar-refractivity contribution < 1.29 is 18.0 Å². The van der Waals surface area contributed by atoms with Crippen LogP contribution in [-0.2, 0) is 26.2 Å². The van der Waals surface area contributed by atoms with Crippen LogP contribution >= 0.6 is 11.6 Å². The van der Waals surface area contributed by atoms with Crippen molar-refractivity contribution in [3.8, 4) is 0 Å². The van der Waals surface area contributed by atoms with E-state index >= 15 is 0 Å². The maximum absolute atomic E-state index is 14.2. The van der Waals surface area contributed by atoms with Crippen LogP contribution in [0.5, 0.6) is 0 Å². The van der Waals surface area contributed by atoms with Gasteiger partial charge in [-0.25, -0.2) is 8.42 Å². The maximum Gasteiger partial charge on any atom is 0.264 e. The lowest BCUT2D eigenvalue weighted by Crippen LogP contribution is -2.53. The van der Waals surface area contributed by atoms with Gasteiger partial charge in [-0.2, -0.15) is 0 Å². The van der Waals surface area contributed by atoms with Crippen LogP contribution in [0.15, 0.2) is 71.6 Å². The molecule has 40 heavy (non-hydrogen) atoms. The van der Waals surface area contributed by atoms with Gasteiger partial charge in [0.05, 0.1) is 10.6 Å². The number of nitrogens with one attached hydrogen (secondary N) is 1. The largest absolute Gasteiger partial charge is 0.352 e. The van der Waals surface area contributed by atoms with E-state index in [1.54, 1.807) is 37.3 Å². The predicted molar refractivity (Wildman–Crippen MR) is 161 cm³/mol. The van der Waals surface area contributed by atoms with Gasteiger partial charge in [0.25, 0.3) is 10.0 Å². The Balaban J connectivity index is 2.12. The van der Waals surface area contributed by atoms with E-state index in [1.165, 1.54) is 17.0 Å². The first kappa shape index (κ1) is 31.2. The molecule has 0 radical (unpaired) electrons. The van der Waals surface area contributed by atoms with Crippen LogP contribution in [0.3, 0.4) is 0 Å². The summed E-state index contributed by atoms with van der Waals surface area (Å²) in [6.07, 6.45) is 0.358. The molecule has 0 saturated carbocycles. The van der Waals surface area contributed by atoms with Crippen molar-refractivity contribution in [2.75, 3.05) is 10.8 Å². The number of nitrogens with zero attached hydrogens (tertiary/aromatic N) is 2. The molecule has 0 unspecified atom stereocenters. The first-order valence-electron chi connectivity index (χ1n) is 13.3. The highest BCUT2D eigenvalue weighted by Crippen LogP contribution is 2.30. The van der Waals surface area contributed by atoms with Gasteiger partial charge in [-0.1, -0.05) is 66.6 Å². The minimum Gasteiger partial charge on any atom is -0.352 e. The van der Waals surface area contributed by atoms with Gasteiger partial charge in [0.15, 0.2) is 0 Å². The second-order valence-electron chi connectivity index (χ2n) is 10.3. The number of halogens is 1. The number of hydrogen-bond donors (Lipinski definition) is 1. The van der Waals surface area contributed by atoms with Crippen LogP contribution in [0.1, 0.15) is 49.4 Å². The molecule has 0 spiro atoms. The standard InChI is InChI=1S/C31H38ClN3O4S/c1-7-28(31(37)33-21(2)3)34(19-25-11-9-8-10-23(25)5)30(36)20-35(29-18-26(32)15-14-24(29)6)40(38,39)27-16-12-22(4)13-17-27/h8-18,21,28H,7,19-20H2,1-6H3,(H,33,37)/t28-/m0/s1. The summed E-state index contributed by atoms with van der Waals surface area (Å²) in [5, 5.41) is 3.25. The number of benzene rings is 3. The van der Waals surface area contributed by atoms with Gasteiger partial charge in [-0.3, -0.25) is 13.9 Å². The SMILES string of the molecule is CC[C@@H](C(=O)NC(C)C)N(Cc1ccccc1C)C(=O)CN(c1cc(Cl)ccc1C)S(=O)(=O)c1ccc(C)cc1. The minimum absolute atomic E-state index is 0.0559. The van der Waals surface area contributed by atoms with Crippen molar-refractivity contribution in [3.63, 3.8) is 0 Å². The molecular formula is C31H38ClN3O4S. The number of aryl methyl sites for hydroxylation is 3. The van der Waals surface area contributed by atoms with Crippen LogP contribution in [-0.4, -0.2) is 43.8 Å². The number of hydrogen-bond acceptors (Lipinski definition) is 4. The Bertz CT molecular complexity index is 1460. The minimum atomic E-state index is -4.16. The van der Waals surface area contributed by atoms with E-state index in [1.807, 2.05) is 58.9 Å². The highest BCUT2D eigenvalue weighted by Gasteiger charge is 2.34. The molecule has 0 bridgehead atoms. The molecule has 0 aromatic heterocycles. The van der Waals surface area contributed by atoms with Crippen molar-refractivity contribution in [2.24, 2.45) is 0 Å². The fourth-order valence-corrected chi connectivity index (χ4v) is 6.11. The Morgan fingerprint density at radius 3 is 2.17 bits per heavy atom. The predicted octanol–water partition coefficient (Wildman–Crippen LogP) is 5.79. The normalized spacial score (nSPS) is 12.2. The topological polar surface area (TPSA) is 86.8 Å². The fraction of sp³-hybridized carbons (Fsp3) is 0.355. The average molecular weight is 584 g/mol. The van der Waals surface area contributed by atoms with Crippen molar-refractivity contribution in [1.82, 2.24) is 10.2 Å². The number of carbonyl (C=O) groups is 2. The molecule has 1 N–H and O–H groups in total. The van der Waals surface area contributed by atoms with E-state index in [9.17, 15) is 18.0 Å². The molecule has 0 aliphatic rings. The molecule has 3 aromatic carbocycles. The molecule has 7 nitrogen and oxygen atoms in total. The summed E-state index contributed by atoms with van der Waals surface area (Å²) >= 11 is 6.29. The summed E-state index contributed by atoms with van der Waals surface area (Å²) in [5.74, 6) is -0.782. The summed E-state index contributed by atoms with van der Waals surface area (Å²) in [5.41, 5.74) is 3.69. The molecule has 0 heterocycles. The quantitative estimate of drug-likeness (QED) is 0.309. The zero-order chi connectivity index (χ0) is 29.6. The Hall–Kier alpha value is -3.36. The highest BCUT2D eigenvalue weighted by atomic mass is 35.5. The molecule has 0 fully saturated rings. The van der Waals surface area contributed by atoms with Gasteiger partial charge in [-0.05, 0) is 82.0 Å². The first-order valence-corrected chi connectivity index (χ1v) is 15.2. The Morgan fingerprint density at radius 2 is 1.57 bits per heavy atom. The molecule has 214 valence electrons. The van der Waals surface area contributed by atoms with Gasteiger partial charge in [0.1, 0.15) is 12.6 Å². The van der Waals surface area contributed by atoms with Crippen LogP contribution < -0.4 is 9.62 Å². The Morgan fingerprint density at radius 1 is 0.925 bits per heavy atom. The zero-order valence-electron chi connectivity index (χ0n) is 23.9. The van der Waals surface area contributed by atoms with Gasteiger partial charge in [0, 0.05) is 17.6 Å². The molecule has 2 amide bonds. The Labute approximate surface area is 243 Å². The molecule has 0 aliphatic heterocycles. The van der Waals surface area contributed by atoms with Crippen LogP contribution in [0.25, 0.3) is 0 Å². The third-order valence-electron chi connectivity index (χ3n) is 6.75. The smallest absolute Gasteiger partial charge is 0.264 e. The Kier molecular flexibility index (Phi) is 10.4. The molecule has 3 rings (SSSR count). The highest BCUT2D eigenvalue weighted by molar-refractivity contribution is 7.92. The molecular weight excluding hydrogens is 546 g/mol. The van der Waals surface area contributed by atoms with Gasteiger partial charge >= 0.3 is 0 Å². The van der Waals surface area contributed by atoms with Gasteiger partial charge < -0.3 is 10.2 Å². The lowest BCUT2D eigenvalue weighted by molar-refractivity contribution is -0.140. The lowest BCUT2D eigenvalue weighted by Gasteiger charge is -2.34. The van der Waals surface area contributed by atoms with Crippen molar-refractivity contribution in [1.29, 1.82) is 0 Å². The average Bonchev–Trinajstić information content (AvgIpc) is 2.89. The van der Waals surface area contributed by atoms with E-state index in [0.29, 0.717) is 22.7 Å². The summed E-state index contributed by atoms with van der Waals surface area (Å²) in [6, 6.07) is 18.1. The summed E-state index contributed by atoms with van der Waals surface area (Å²) in [6.45, 7) is 10.8. The molecule has 0 aliphatic carbocycles. The molecule has 1 atom stereocenters. The zero-order valence-corrected chi connectivity index (χ0v) is 25.5. The monoisotopic (exact) mass is 583 g/mol. The van der Waals surface area contributed by atoms with E-state index in [2.05, 4.69) is 5.32 Å². The summed E-state index contributed by atoms with van der Waals surface area (Å²) < 4.78 is 29.2. The number of carbonyl (C=O) groups excluding carboxylic acids is 2. The number of rotatable bonds is 11. The molecule has 0 saturated heterocycles. The van der Waals surface area contributed by atoms with Crippen LogP contribution in [0, 0.1) is 20.8 Å². The first-order chi connectivity index (χ1) is 18.8. The molecule has 3 aromatic rings. The van der Waals surface area contributed by atoms with Crippen LogP contribution in [0.2, 0.25) is 5.02 Å². The van der Waals surface area contributed by atoms with Gasteiger partial charge in [-0.15, -0.1) is 0 Å². The van der Waals surface area contributed by atoms with E-state index < -0.39 is 28.5 Å². The van der Waals surface area contributed by atoms with E-state index in [4.69, 9.17) is 11.6 Å². The van der Waals surface area contributed by atoms with Crippen LogP contribution in [0.4, 0.5) is 5.69 Å². The number of amides is 2. The van der Waals surface area contributed by atoms with E-state index in [0.717, 1.165) is 21.0 Å². The van der Waals surface area contributed by atoms with Crippen molar-refractivity contribution in [2.45, 2.75) is 71.5 Å². The third-order valence-corrected chi connectivity index (χ3v) is 8.76. The van der Waals surface area contributed by atoms with Crippen molar-refractivity contribution in [3.05, 3.63) is 94.0 Å². The van der Waals surface area contributed by atoms with E-state index in [-0.39, 0.29) is 23.4 Å². The number of sulfonamides is 1. The van der Waals surface area contributed by atoms with Gasteiger partial charge in [0.2, 0.25) is 11.8 Å². The second kappa shape index (κ2) is 13.3. The fourth-order valence-electron chi connectivity index (χ4n) is 4.47. The number of anilines is 1. The molecule has 9 heteroatoms. The third kappa shape index (κ3) is 7.43. The van der Waals surface area contributed by atoms with Crippen molar-refractivity contribution >= 4 is 39.1 Å². The lowest BCUT2D eigenvalue weighted by atomic mass is 10.1. The maximum atomic E-state index is 14.2.